The summed E-state index contributed by atoms with van der Waals surface area (Å²) in [6, 6.07) is 0.154. The van der Waals surface area contributed by atoms with Gasteiger partial charge in [-0.2, -0.15) is 0 Å². The molecule has 146 valence electrons. The van der Waals surface area contributed by atoms with Crippen LogP contribution in [0.1, 0.15) is 47.3 Å². The van der Waals surface area contributed by atoms with Crippen LogP contribution in [0.4, 0.5) is 0 Å². The highest BCUT2D eigenvalue weighted by Gasteiger charge is 2.50. The first-order chi connectivity index (χ1) is 12.9. The molecular formula is C19H26N4O3S. The molecule has 1 N–H and O–H groups in total. The second kappa shape index (κ2) is 7.22. The molecule has 8 heteroatoms. The number of hydrogen-bond donors (Lipinski definition) is 1. The Morgan fingerprint density at radius 3 is 2.81 bits per heavy atom. The number of nitrogens with zero attached hydrogens (tertiary/aromatic N) is 3. The van der Waals surface area contributed by atoms with Gasteiger partial charge in [0.1, 0.15) is 4.88 Å². The summed E-state index contributed by atoms with van der Waals surface area (Å²) in [5.41, 5.74) is 0. The van der Waals surface area contributed by atoms with Crippen LogP contribution in [0, 0.1) is 18.8 Å². The molecule has 1 aromatic rings. The van der Waals surface area contributed by atoms with E-state index in [0.717, 1.165) is 24.3 Å². The summed E-state index contributed by atoms with van der Waals surface area (Å²) in [5, 5.41) is 3.80. The number of aryl methyl sites for hydroxylation is 1. The number of rotatable bonds is 3. The van der Waals surface area contributed by atoms with E-state index in [-0.39, 0.29) is 35.7 Å². The zero-order valence-corrected chi connectivity index (χ0v) is 16.6. The van der Waals surface area contributed by atoms with Gasteiger partial charge in [0.2, 0.25) is 11.8 Å². The maximum Gasteiger partial charge on any atom is 0.265 e. The Morgan fingerprint density at radius 2 is 2.11 bits per heavy atom. The lowest BCUT2D eigenvalue weighted by Gasteiger charge is -2.56. The summed E-state index contributed by atoms with van der Waals surface area (Å²) >= 11 is 1.43. The van der Waals surface area contributed by atoms with Crippen LogP contribution in [0.25, 0.3) is 0 Å². The van der Waals surface area contributed by atoms with Crippen molar-refractivity contribution in [2.45, 2.75) is 51.6 Å². The van der Waals surface area contributed by atoms with Crippen LogP contribution >= 0.6 is 11.3 Å². The first kappa shape index (κ1) is 18.4. The summed E-state index contributed by atoms with van der Waals surface area (Å²) < 4.78 is 0. The van der Waals surface area contributed by atoms with Crippen molar-refractivity contribution in [2.75, 3.05) is 19.6 Å². The molecule has 3 amide bonds. The van der Waals surface area contributed by atoms with Crippen LogP contribution in [0.5, 0.6) is 0 Å². The Hall–Kier alpha value is -1.96. The van der Waals surface area contributed by atoms with Gasteiger partial charge in [-0.3, -0.25) is 14.4 Å². The molecule has 3 aliphatic heterocycles. The van der Waals surface area contributed by atoms with Gasteiger partial charge >= 0.3 is 0 Å². The quantitative estimate of drug-likeness (QED) is 0.846. The number of carbonyl (C=O) groups is 3. The van der Waals surface area contributed by atoms with Crippen molar-refractivity contribution in [3.05, 3.63) is 16.1 Å². The zero-order chi connectivity index (χ0) is 19.1. The Labute approximate surface area is 163 Å². The summed E-state index contributed by atoms with van der Waals surface area (Å²) in [6.45, 7) is 5.21. The van der Waals surface area contributed by atoms with Crippen LogP contribution < -0.4 is 5.32 Å². The van der Waals surface area contributed by atoms with Gasteiger partial charge in [0.25, 0.3) is 5.91 Å². The van der Waals surface area contributed by atoms with Gasteiger partial charge < -0.3 is 15.1 Å². The van der Waals surface area contributed by atoms with Crippen LogP contribution in [0.15, 0.2) is 6.20 Å². The average Bonchev–Trinajstić information content (AvgIpc) is 3.07. The first-order valence-corrected chi connectivity index (χ1v) is 10.5. The zero-order valence-electron chi connectivity index (χ0n) is 15.8. The van der Waals surface area contributed by atoms with Gasteiger partial charge in [-0.05, 0) is 38.0 Å². The minimum atomic E-state index is -0.0815. The minimum Gasteiger partial charge on any atom is -0.354 e. The fourth-order valence-corrected chi connectivity index (χ4v) is 5.81. The van der Waals surface area contributed by atoms with Crippen LogP contribution in [-0.4, -0.2) is 64.2 Å². The van der Waals surface area contributed by atoms with Gasteiger partial charge in [-0.1, -0.05) is 0 Å². The van der Waals surface area contributed by atoms with Crippen LogP contribution in [0.3, 0.4) is 0 Å². The predicted molar refractivity (Wildman–Crippen MR) is 101 cm³/mol. The molecule has 0 unspecified atom stereocenters. The highest BCUT2D eigenvalue weighted by molar-refractivity contribution is 7.13. The van der Waals surface area contributed by atoms with Crippen LogP contribution in [-0.2, 0) is 9.59 Å². The summed E-state index contributed by atoms with van der Waals surface area (Å²) in [7, 11) is 0. The monoisotopic (exact) mass is 390 g/mol. The van der Waals surface area contributed by atoms with Crippen molar-refractivity contribution >= 4 is 29.1 Å². The van der Waals surface area contributed by atoms with Gasteiger partial charge in [-0.25, -0.2) is 4.98 Å². The maximum atomic E-state index is 13.0. The largest absolute Gasteiger partial charge is 0.354 e. The van der Waals surface area contributed by atoms with Crippen molar-refractivity contribution in [3.63, 3.8) is 0 Å². The maximum absolute atomic E-state index is 13.0. The van der Waals surface area contributed by atoms with Crippen LogP contribution in [0.2, 0.25) is 0 Å². The number of carbonyl (C=O) groups excluding carboxylic acids is 3. The summed E-state index contributed by atoms with van der Waals surface area (Å²) in [6.07, 6.45) is 5.18. The molecular weight excluding hydrogens is 364 g/mol. The number of likely N-dealkylation sites (tertiary alicyclic amines) is 1. The number of nitrogens with one attached hydrogen (secondary N) is 1. The molecule has 4 atom stereocenters. The van der Waals surface area contributed by atoms with E-state index in [1.807, 2.05) is 11.8 Å². The van der Waals surface area contributed by atoms with Crippen molar-refractivity contribution in [2.24, 2.45) is 11.8 Å². The first-order valence-electron chi connectivity index (χ1n) is 9.71. The van der Waals surface area contributed by atoms with E-state index in [0.29, 0.717) is 36.9 Å². The number of aromatic nitrogens is 1. The molecule has 0 saturated carbocycles. The molecule has 0 radical (unpaired) electrons. The molecule has 4 heterocycles. The molecule has 3 aliphatic rings. The number of amides is 3. The molecule has 3 fully saturated rings. The second-order valence-electron chi connectivity index (χ2n) is 7.97. The van der Waals surface area contributed by atoms with E-state index in [4.69, 9.17) is 0 Å². The molecule has 2 bridgehead atoms. The minimum absolute atomic E-state index is 0.0262. The van der Waals surface area contributed by atoms with E-state index in [9.17, 15) is 14.4 Å². The van der Waals surface area contributed by atoms with E-state index in [1.54, 1.807) is 6.20 Å². The average molecular weight is 391 g/mol. The number of thiazole rings is 1. The third-order valence-corrected chi connectivity index (χ3v) is 7.08. The number of piperidine rings is 3. The standard InChI is InChI=1S/C19H26N4O3S/c1-11(24)20-7-16-14-6-13(15-4-3-5-18(25)23(15)16)9-22(10-14)19(26)17-8-21-12(2)27-17/h8,13-16H,3-7,9-10H2,1-2H3,(H,20,24)/t13-,14+,15+,16+/m1/s1. The third-order valence-electron chi connectivity index (χ3n) is 6.18. The van der Waals surface area contributed by atoms with Crippen molar-refractivity contribution in [1.82, 2.24) is 20.1 Å². The fourth-order valence-electron chi connectivity index (χ4n) is 5.07. The SMILES string of the molecule is CC(=O)NC[C@H]1[C@H]2C[C@H](CN(C(=O)c3cnc(C)s3)C2)[C@@H]2CCCC(=O)N21. The Balaban J connectivity index is 1.58. The second-order valence-corrected chi connectivity index (χ2v) is 9.21. The van der Waals surface area contributed by atoms with Gasteiger partial charge in [-0.15, -0.1) is 11.3 Å². The van der Waals surface area contributed by atoms with Gasteiger partial charge in [0.15, 0.2) is 0 Å². The smallest absolute Gasteiger partial charge is 0.265 e. The van der Waals surface area contributed by atoms with Crippen molar-refractivity contribution < 1.29 is 14.4 Å². The molecule has 27 heavy (non-hydrogen) atoms. The summed E-state index contributed by atoms with van der Waals surface area (Å²) in [5.74, 6) is 0.687. The Bertz CT molecular complexity index is 764. The molecule has 3 saturated heterocycles. The van der Waals surface area contributed by atoms with Crippen molar-refractivity contribution in [3.8, 4) is 0 Å². The van der Waals surface area contributed by atoms with E-state index in [2.05, 4.69) is 15.2 Å². The normalized spacial score (nSPS) is 30.1. The Kier molecular flexibility index (Phi) is 4.92. The molecule has 0 aliphatic carbocycles. The van der Waals surface area contributed by atoms with Gasteiger partial charge in [0, 0.05) is 39.0 Å². The molecule has 0 aromatic carbocycles. The summed E-state index contributed by atoms with van der Waals surface area (Å²) in [4.78, 5) is 46.0. The fraction of sp³-hybridized carbons (Fsp3) is 0.684. The van der Waals surface area contributed by atoms with E-state index < -0.39 is 0 Å². The number of hydrogen-bond acceptors (Lipinski definition) is 5. The highest BCUT2D eigenvalue weighted by atomic mass is 32.1. The molecule has 1 aromatic heterocycles. The highest BCUT2D eigenvalue weighted by Crippen LogP contribution is 2.41. The predicted octanol–water partition coefficient (Wildman–Crippen LogP) is 1.43. The third kappa shape index (κ3) is 3.47. The molecule has 4 rings (SSSR count). The lowest BCUT2D eigenvalue weighted by molar-refractivity contribution is -0.151. The molecule has 0 spiro atoms. The lowest BCUT2D eigenvalue weighted by Crippen LogP contribution is -2.67. The number of fused-ring (bicyclic) bond motifs is 4. The van der Waals surface area contributed by atoms with Crippen molar-refractivity contribution in [1.29, 1.82) is 0 Å². The lowest BCUT2D eigenvalue weighted by atomic mass is 9.72. The topological polar surface area (TPSA) is 82.6 Å². The Morgan fingerprint density at radius 1 is 1.33 bits per heavy atom. The van der Waals surface area contributed by atoms with Gasteiger partial charge in [0.05, 0.1) is 17.2 Å². The van der Waals surface area contributed by atoms with E-state index in [1.165, 1.54) is 18.3 Å². The molecule has 7 nitrogen and oxygen atoms in total. The van der Waals surface area contributed by atoms with E-state index >= 15 is 0 Å².